The summed E-state index contributed by atoms with van der Waals surface area (Å²) < 4.78 is 0. The second-order valence-corrected chi connectivity index (χ2v) is 9.13. The molecule has 0 spiro atoms. The summed E-state index contributed by atoms with van der Waals surface area (Å²) in [6.45, 7) is 6.74. The first kappa shape index (κ1) is 24.1. The van der Waals surface area contributed by atoms with Crippen molar-refractivity contribution in [2.45, 2.75) is 26.7 Å². The molecule has 1 amide bonds. The third-order valence-corrected chi connectivity index (χ3v) is 6.77. The zero-order chi connectivity index (χ0) is 25.1. The Bertz CT molecular complexity index is 1240. The van der Waals surface area contributed by atoms with Crippen LogP contribution < -0.4 is 16.8 Å². The Morgan fingerprint density at radius 3 is 2.00 bits per heavy atom. The van der Waals surface area contributed by atoms with Gasteiger partial charge in [-0.3, -0.25) is 15.6 Å². The molecular weight excluding hydrogens is 438 g/mol. The summed E-state index contributed by atoms with van der Waals surface area (Å²) in [4.78, 5) is 16.7. The van der Waals surface area contributed by atoms with Crippen molar-refractivity contribution in [1.82, 2.24) is 9.80 Å². The van der Waals surface area contributed by atoms with Gasteiger partial charge in [-0.05, 0) is 78.3 Å². The van der Waals surface area contributed by atoms with E-state index in [1.807, 2.05) is 47.9 Å². The van der Waals surface area contributed by atoms with Gasteiger partial charge in [-0.25, -0.2) is 0 Å². The minimum absolute atomic E-state index is 0.0989. The molecule has 2 aromatic rings. The molecule has 35 heavy (non-hydrogen) atoms. The summed E-state index contributed by atoms with van der Waals surface area (Å²) in [6, 6.07) is 11.9. The van der Waals surface area contributed by atoms with Gasteiger partial charge in [0.05, 0.1) is 0 Å². The fraction of sp³-hybridized carbons (Fsp3) is 0.296. The van der Waals surface area contributed by atoms with Crippen molar-refractivity contribution >= 4 is 34.7 Å². The van der Waals surface area contributed by atoms with Crippen LogP contribution in [0.15, 0.2) is 48.6 Å². The lowest BCUT2D eigenvalue weighted by Crippen LogP contribution is -2.39. The zero-order valence-corrected chi connectivity index (χ0v) is 20.3. The lowest BCUT2D eigenvalue weighted by atomic mass is 9.94. The number of guanidine groups is 2. The summed E-state index contributed by atoms with van der Waals surface area (Å²) in [5.41, 5.74) is 19.3. The maximum Gasteiger partial charge on any atom is 0.255 e. The Kier molecular flexibility index (Phi) is 6.91. The van der Waals surface area contributed by atoms with Crippen LogP contribution in [-0.4, -0.2) is 53.8 Å². The molecule has 2 aliphatic rings. The predicted octanol–water partition coefficient (Wildman–Crippen LogP) is 3.52. The van der Waals surface area contributed by atoms with E-state index in [0.717, 1.165) is 53.9 Å². The maximum absolute atomic E-state index is 13.0. The van der Waals surface area contributed by atoms with Gasteiger partial charge in [0.2, 0.25) is 0 Å². The molecule has 0 saturated heterocycles. The smallest absolute Gasteiger partial charge is 0.255 e. The average molecular weight is 472 g/mol. The number of anilines is 1. The number of benzene rings is 2. The summed E-state index contributed by atoms with van der Waals surface area (Å²) in [6.07, 6.45) is 5.87. The van der Waals surface area contributed by atoms with Crippen LogP contribution in [0.5, 0.6) is 0 Å². The van der Waals surface area contributed by atoms with Crippen LogP contribution in [0.25, 0.3) is 11.1 Å². The van der Waals surface area contributed by atoms with Crippen LogP contribution in [-0.2, 0) is 0 Å². The largest absolute Gasteiger partial charge is 0.370 e. The monoisotopic (exact) mass is 471 g/mol. The van der Waals surface area contributed by atoms with Gasteiger partial charge in [0, 0.05) is 37.4 Å². The molecule has 2 aromatic carbocycles. The minimum Gasteiger partial charge on any atom is -0.370 e. The molecule has 7 N–H and O–H groups in total. The second-order valence-electron chi connectivity index (χ2n) is 9.13. The fourth-order valence-corrected chi connectivity index (χ4v) is 4.70. The van der Waals surface area contributed by atoms with E-state index in [1.54, 1.807) is 0 Å². The lowest BCUT2D eigenvalue weighted by molar-refractivity contribution is 0.102. The highest BCUT2D eigenvalue weighted by Gasteiger charge is 2.18. The number of hydrogen-bond acceptors (Lipinski definition) is 3. The predicted molar refractivity (Wildman–Crippen MR) is 142 cm³/mol. The van der Waals surface area contributed by atoms with E-state index in [4.69, 9.17) is 22.3 Å². The van der Waals surface area contributed by atoms with Crippen molar-refractivity contribution in [3.8, 4) is 0 Å². The van der Waals surface area contributed by atoms with Crippen LogP contribution in [0, 0.1) is 24.7 Å². The minimum atomic E-state index is -0.129. The Morgan fingerprint density at radius 2 is 1.49 bits per heavy atom. The normalized spacial score (nSPS) is 15.8. The van der Waals surface area contributed by atoms with Gasteiger partial charge in [0.15, 0.2) is 11.9 Å². The standard InChI is InChI=1S/C27H33N7O/c1-17-15-21(19-7-11-33(12-8-19)26(28)29)3-5-24(17)25(35)32-22-4-6-23(18(2)16-22)20-9-13-34(14-10-20)27(30)31/h3-7,9,15-16H,8,10-14H2,1-2H3,(H3,28,29)(H3,30,31)(H,32,35). The number of rotatable bonds is 4. The van der Waals surface area contributed by atoms with E-state index in [-0.39, 0.29) is 17.8 Å². The first-order chi connectivity index (χ1) is 16.7. The third kappa shape index (κ3) is 5.37. The summed E-state index contributed by atoms with van der Waals surface area (Å²) in [5.74, 6) is 0.0749. The van der Waals surface area contributed by atoms with Crippen LogP contribution >= 0.6 is 0 Å². The number of nitrogens with two attached hydrogens (primary N) is 2. The summed E-state index contributed by atoms with van der Waals surface area (Å²) in [7, 11) is 0. The number of nitrogens with one attached hydrogen (secondary N) is 3. The van der Waals surface area contributed by atoms with E-state index in [0.29, 0.717) is 18.7 Å². The van der Waals surface area contributed by atoms with Crippen LogP contribution in [0.1, 0.15) is 45.5 Å². The molecule has 0 radical (unpaired) electrons. The van der Waals surface area contributed by atoms with E-state index >= 15 is 0 Å². The Balaban J connectivity index is 1.44. The average Bonchev–Trinajstić information content (AvgIpc) is 2.84. The van der Waals surface area contributed by atoms with E-state index in [1.165, 1.54) is 11.1 Å². The van der Waals surface area contributed by atoms with Gasteiger partial charge in [-0.2, -0.15) is 0 Å². The van der Waals surface area contributed by atoms with E-state index in [9.17, 15) is 4.79 Å². The molecule has 182 valence electrons. The number of amides is 1. The number of hydrogen-bond donors (Lipinski definition) is 5. The van der Waals surface area contributed by atoms with Crippen molar-refractivity contribution in [2.75, 3.05) is 31.5 Å². The Morgan fingerprint density at radius 1 is 0.857 bits per heavy atom. The van der Waals surface area contributed by atoms with Crippen molar-refractivity contribution in [1.29, 1.82) is 10.8 Å². The highest BCUT2D eigenvalue weighted by atomic mass is 16.1. The van der Waals surface area contributed by atoms with Gasteiger partial charge in [0.25, 0.3) is 5.91 Å². The molecule has 0 saturated carbocycles. The van der Waals surface area contributed by atoms with E-state index in [2.05, 4.69) is 29.6 Å². The third-order valence-electron chi connectivity index (χ3n) is 6.77. The second kappa shape index (κ2) is 10.0. The Labute approximate surface area is 206 Å². The number of carbonyl (C=O) groups is 1. The fourth-order valence-electron chi connectivity index (χ4n) is 4.70. The van der Waals surface area contributed by atoms with Gasteiger partial charge in [0.1, 0.15) is 0 Å². The molecule has 2 aliphatic heterocycles. The highest BCUT2D eigenvalue weighted by Crippen LogP contribution is 2.28. The topological polar surface area (TPSA) is 135 Å². The molecular formula is C27H33N7O. The zero-order valence-electron chi connectivity index (χ0n) is 20.3. The molecule has 0 fully saturated rings. The van der Waals surface area contributed by atoms with Crippen LogP contribution in [0.3, 0.4) is 0 Å². The highest BCUT2D eigenvalue weighted by molar-refractivity contribution is 6.05. The molecule has 8 heteroatoms. The van der Waals surface area contributed by atoms with Gasteiger partial charge >= 0.3 is 0 Å². The maximum atomic E-state index is 13.0. The lowest BCUT2D eigenvalue weighted by Gasteiger charge is -2.27. The molecule has 0 aliphatic carbocycles. The molecule has 0 bridgehead atoms. The van der Waals surface area contributed by atoms with Crippen LogP contribution in [0.2, 0.25) is 0 Å². The number of carbonyl (C=O) groups excluding carboxylic acids is 1. The molecule has 8 nitrogen and oxygen atoms in total. The van der Waals surface area contributed by atoms with Crippen molar-refractivity contribution in [3.63, 3.8) is 0 Å². The number of aryl methyl sites for hydroxylation is 2. The summed E-state index contributed by atoms with van der Waals surface area (Å²) in [5, 5.41) is 18.2. The van der Waals surface area contributed by atoms with Crippen molar-refractivity contribution in [2.24, 2.45) is 11.5 Å². The molecule has 4 rings (SSSR count). The van der Waals surface area contributed by atoms with Crippen molar-refractivity contribution in [3.05, 3.63) is 76.4 Å². The first-order valence-corrected chi connectivity index (χ1v) is 11.8. The van der Waals surface area contributed by atoms with Gasteiger partial charge in [-0.1, -0.05) is 30.4 Å². The Hall–Kier alpha value is -4.07. The quantitative estimate of drug-likeness (QED) is 0.343. The SMILES string of the molecule is Cc1cc(C2=CCN(C(=N)N)CC2)ccc1C(=O)Nc1ccc(C2=CCN(C(=N)N)CC2)c(C)c1. The molecule has 0 atom stereocenters. The van der Waals surface area contributed by atoms with Crippen LogP contribution in [0.4, 0.5) is 5.69 Å². The van der Waals surface area contributed by atoms with E-state index < -0.39 is 0 Å². The van der Waals surface area contributed by atoms with Crippen molar-refractivity contribution < 1.29 is 4.79 Å². The molecule has 0 unspecified atom stereocenters. The molecule has 2 heterocycles. The molecule has 0 aromatic heterocycles. The van der Waals surface area contributed by atoms with Gasteiger partial charge in [-0.15, -0.1) is 0 Å². The summed E-state index contributed by atoms with van der Waals surface area (Å²) >= 11 is 0. The number of nitrogens with zero attached hydrogens (tertiary/aromatic N) is 2. The van der Waals surface area contributed by atoms with Gasteiger partial charge < -0.3 is 26.6 Å². The first-order valence-electron chi connectivity index (χ1n) is 11.8.